The Hall–Kier alpha value is -1.66. The van der Waals surface area contributed by atoms with Gasteiger partial charge >= 0.3 is 0 Å². The number of hydrogen-bond donors (Lipinski definition) is 0. The summed E-state index contributed by atoms with van der Waals surface area (Å²) in [7, 11) is -3.50. The van der Waals surface area contributed by atoms with Gasteiger partial charge in [-0.05, 0) is 45.7 Å². The summed E-state index contributed by atoms with van der Waals surface area (Å²) < 4.78 is 32.7. The van der Waals surface area contributed by atoms with E-state index in [4.69, 9.17) is 4.52 Å². The molecule has 0 spiro atoms. The molecular formula is C16H20N2O3S. The highest BCUT2D eigenvalue weighted by Gasteiger charge is 2.38. The Balaban J connectivity index is 2.01. The maximum absolute atomic E-state index is 12.9. The molecular weight excluding hydrogens is 300 g/mol. The van der Waals surface area contributed by atoms with Gasteiger partial charge in [0.1, 0.15) is 5.76 Å². The van der Waals surface area contributed by atoms with Crippen molar-refractivity contribution in [3.05, 3.63) is 46.8 Å². The van der Waals surface area contributed by atoms with Crippen molar-refractivity contribution in [1.82, 2.24) is 9.46 Å². The summed E-state index contributed by atoms with van der Waals surface area (Å²) in [5, 5.41) is 3.97. The lowest BCUT2D eigenvalue weighted by Crippen LogP contribution is -2.31. The van der Waals surface area contributed by atoms with Crippen LogP contribution in [0.5, 0.6) is 0 Å². The average molecular weight is 320 g/mol. The van der Waals surface area contributed by atoms with E-state index >= 15 is 0 Å². The Kier molecular flexibility index (Phi) is 3.82. The van der Waals surface area contributed by atoms with E-state index in [1.165, 1.54) is 0 Å². The second kappa shape index (κ2) is 5.52. The summed E-state index contributed by atoms with van der Waals surface area (Å²) in [5.41, 5.74) is 2.73. The first kappa shape index (κ1) is 15.2. The second-order valence-corrected chi connectivity index (χ2v) is 7.72. The SMILES string of the molecule is Cc1ccc(S(=O)(=O)N2CCC[C@H]2c2c(C)noc2C)cc1. The Morgan fingerprint density at radius 3 is 2.45 bits per heavy atom. The molecule has 1 atom stereocenters. The highest BCUT2D eigenvalue weighted by atomic mass is 32.2. The van der Waals surface area contributed by atoms with Crippen molar-refractivity contribution in [2.75, 3.05) is 6.54 Å². The molecule has 1 aliphatic rings. The van der Waals surface area contributed by atoms with E-state index in [1.807, 2.05) is 32.9 Å². The number of aryl methyl sites for hydroxylation is 3. The van der Waals surface area contributed by atoms with Crippen LogP contribution in [0.25, 0.3) is 0 Å². The molecule has 6 heteroatoms. The molecule has 5 nitrogen and oxygen atoms in total. The van der Waals surface area contributed by atoms with Crippen LogP contribution in [0.1, 0.15) is 41.5 Å². The number of aromatic nitrogens is 1. The lowest BCUT2D eigenvalue weighted by Gasteiger charge is -2.24. The number of nitrogens with zero attached hydrogens (tertiary/aromatic N) is 2. The van der Waals surface area contributed by atoms with E-state index in [0.29, 0.717) is 17.2 Å². The minimum Gasteiger partial charge on any atom is -0.361 e. The Bertz CT molecular complexity index is 759. The zero-order valence-electron chi connectivity index (χ0n) is 13.0. The fourth-order valence-corrected chi connectivity index (χ4v) is 4.79. The van der Waals surface area contributed by atoms with Crippen molar-refractivity contribution in [3.63, 3.8) is 0 Å². The topological polar surface area (TPSA) is 63.4 Å². The van der Waals surface area contributed by atoms with Crippen molar-refractivity contribution in [2.45, 2.75) is 44.6 Å². The molecule has 1 aromatic heterocycles. The fraction of sp³-hybridized carbons (Fsp3) is 0.438. The van der Waals surface area contributed by atoms with E-state index in [0.717, 1.165) is 29.7 Å². The standard InChI is InChI=1S/C16H20N2O3S/c1-11-6-8-14(9-7-11)22(19,20)18-10-4-5-15(18)16-12(2)17-21-13(16)3/h6-9,15H,4-5,10H2,1-3H3/t15-/m0/s1. The second-order valence-electron chi connectivity index (χ2n) is 5.82. The minimum atomic E-state index is -3.50. The van der Waals surface area contributed by atoms with Gasteiger partial charge in [0, 0.05) is 12.1 Å². The van der Waals surface area contributed by atoms with Crippen molar-refractivity contribution in [3.8, 4) is 0 Å². The van der Waals surface area contributed by atoms with Crippen LogP contribution in [0.3, 0.4) is 0 Å². The molecule has 2 aromatic rings. The molecule has 0 saturated carbocycles. The molecule has 0 bridgehead atoms. The Morgan fingerprint density at radius 2 is 1.86 bits per heavy atom. The van der Waals surface area contributed by atoms with Crippen LogP contribution in [-0.2, 0) is 10.0 Å². The third-order valence-corrected chi connectivity index (χ3v) is 6.18. The Morgan fingerprint density at radius 1 is 1.18 bits per heavy atom. The van der Waals surface area contributed by atoms with Gasteiger partial charge in [-0.3, -0.25) is 0 Å². The van der Waals surface area contributed by atoms with E-state index in [-0.39, 0.29) is 6.04 Å². The van der Waals surface area contributed by atoms with Crippen LogP contribution < -0.4 is 0 Å². The highest BCUT2D eigenvalue weighted by Crippen LogP contribution is 2.39. The van der Waals surface area contributed by atoms with Gasteiger partial charge in [0.15, 0.2) is 0 Å². The largest absolute Gasteiger partial charge is 0.361 e. The molecule has 118 valence electrons. The maximum atomic E-state index is 12.9. The van der Waals surface area contributed by atoms with Crippen molar-refractivity contribution < 1.29 is 12.9 Å². The smallest absolute Gasteiger partial charge is 0.243 e. The number of sulfonamides is 1. The van der Waals surface area contributed by atoms with Crippen molar-refractivity contribution in [2.24, 2.45) is 0 Å². The van der Waals surface area contributed by atoms with E-state index in [9.17, 15) is 8.42 Å². The molecule has 0 amide bonds. The minimum absolute atomic E-state index is 0.183. The van der Waals surface area contributed by atoms with Gasteiger partial charge in [-0.1, -0.05) is 22.9 Å². The van der Waals surface area contributed by atoms with Gasteiger partial charge < -0.3 is 4.52 Å². The van der Waals surface area contributed by atoms with E-state index in [2.05, 4.69) is 5.16 Å². The summed E-state index contributed by atoms with van der Waals surface area (Å²) in [5.74, 6) is 0.702. The normalized spacial score (nSPS) is 19.7. The molecule has 3 rings (SSSR count). The summed E-state index contributed by atoms with van der Waals surface area (Å²) in [6.45, 7) is 6.18. The predicted molar refractivity (Wildman–Crippen MR) is 83.0 cm³/mol. The summed E-state index contributed by atoms with van der Waals surface area (Å²) in [4.78, 5) is 0.344. The fourth-order valence-electron chi connectivity index (χ4n) is 3.13. The molecule has 1 saturated heterocycles. The number of benzene rings is 1. The van der Waals surface area contributed by atoms with Crippen LogP contribution in [0.2, 0.25) is 0 Å². The molecule has 1 fully saturated rings. The van der Waals surface area contributed by atoms with E-state index < -0.39 is 10.0 Å². The lowest BCUT2D eigenvalue weighted by molar-refractivity contribution is 0.376. The Labute approximate surface area is 131 Å². The summed E-state index contributed by atoms with van der Waals surface area (Å²) in [6.07, 6.45) is 1.65. The van der Waals surface area contributed by atoms with E-state index in [1.54, 1.807) is 16.4 Å². The quantitative estimate of drug-likeness (QED) is 0.871. The van der Waals surface area contributed by atoms with Gasteiger partial charge in [-0.25, -0.2) is 8.42 Å². The lowest BCUT2D eigenvalue weighted by atomic mass is 10.0. The first-order chi connectivity index (χ1) is 10.4. The monoisotopic (exact) mass is 320 g/mol. The number of hydrogen-bond acceptors (Lipinski definition) is 4. The molecule has 2 heterocycles. The highest BCUT2D eigenvalue weighted by molar-refractivity contribution is 7.89. The van der Waals surface area contributed by atoms with Gasteiger partial charge in [-0.2, -0.15) is 4.31 Å². The molecule has 22 heavy (non-hydrogen) atoms. The molecule has 0 unspecified atom stereocenters. The van der Waals surface area contributed by atoms with Crippen LogP contribution in [0.4, 0.5) is 0 Å². The van der Waals surface area contributed by atoms with Gasteiger partial charge in [0.2, 0.25) is 10.0 Å². The van der Waals surface area contributed by atoms with Crippen molar-refractivity contribution >= 4 is 10.0 Å². The van der Waals surface area contributed by atoms with Crippen LogP contribution in [0.15, 0.2) is 33.7 Å². The van der Waals surface area contributed by atoms with Gasteiger partial charge in [0.05, 0.1) is 16.6 Å². The number of rotatable bonds is 3. The van der Waals surface area contributed by atoms with Crippen LogP contribution >= 0.6 is 0 Å². The zero-order chi connectivity index (χ0) is 15.9. The molecule has 1 aromatic carbocycles. The van der Waals surface area contributed by atoms with Gasteiger partial charge in [-0.15, -0.1) is 0 Å². The zero-order valence-corrected chi connectivity index (χ0v) is 13.9. The summed E-state index contributed by atoms with van der Waals surface area (Å²) >= 11 is 0. The van der Waals surface area contributed by atoms with Crippen LogP contribution in [0, 0.1) is 20.8 Å². The third kappa shape index (κ3) is 2.46. The molecule has 0 radical (unpaired) electrons. The maximum Gasteiger partial charge on any atom is 0.243 e. The molecule has 0 aliphatic carbocycles. The van der Waals surface area contributed by atoms with Crippen LogP contribution in [-0.4, -0.2) is 24.4 Å². The first-order valence-electron chi connectivity index (χ1n) is 7.42. The molecule has 0 N–H and O–H groups in total. The average Bonchev–Trinajstić information content (AvgIpc) is 3.06. The third-order valence-electron chi connectivity index (χ3n) is 4.25. The molecule has 1 aliphatic heterocycles. The predicted octanol–water partition coefficient (Wildman–Crippen LogP) is 3.13. The van der Waals surface area contributed by atoms with Crippen molar-refractivity contribution in [1.29, 1.82) is 0 Å². The van der Waals surface area contributed by atoms with Gasteiger partial charge in [0.25, 0.3) is 0 Å². The first-order valence-corrected chi connectivity index (χ1v) is 8.86. The summed E-state index contributed by atoms with van der Waals surface area (Å²) in [6, 6.07) is 6.82.